The molecule has 0 unspecified atom stereocenters. The molecule has 78 valence electrons. The molecule has 0 aliphatic carbocycles. The van der Waals surface area contributed by atoms with E-state index in [2.05, 4.69) is 0 Å². The SMILES string of the molecule is Cc1cc(C(C)(C)O)c(F)c(O)c1Cl. The Bertz CT molecular complexity index is 369. The molecule has 0 fully saturated rings. The molecule has 0 saturated carbocycles. The van der Waals surface area contributed by atoms with Gasteiger partial charge in [0.1, 0.15) is 0 Å². The molecule has 14 heavy (non-hydrogen) atoms. The summed E-state index contributed by atoms with van der Waals surface area (Å²) in [4.78, 5) is 0. The van der Waals surface area contributed by atoms with Crippen LogP contribution in [0, 0.1) is 12.7 Å². The Hall–Kier alpha value is -0.800. The summed E-state index contributed by atoms with van der Waals surface area (Å²) in [5.74, 6) is -1.48. The van der Waals surface area contributed by atoms with Crippen molar-refractivity contribution in [3.63, 3.8) is 0 Å². The highest BCUT2D eigenvalue weighted by Crippen LogP contribution is 2.36. The number of halogens is 2. The summed E-state index contributed by atoms with van der Waals surface area (Å²) >= 11 is 5.63. The third kappa shape index (κ3) is 1.83. The van der Waals surface area contributed by atoms with Gasteiger partial charge in [0.2, 0.25) is 0 Å². The second kappa shape index (κ2) is 3.41. The first kappa shape index (κ1) is 11.3. The van der Waals surface area contributed by atoms with Crippen LogP contribution >= 0.6 is 11.6 Å². The van der Waals surface area contributed by atoms with Crippen molar-refractivity contribution in [3.05, 3.63) is 28.0 Å². The minimum atomic E-state index is -1.34. The van der Waals surface area contributed by atoms with E-state index in [1.54, 1.807) is 6.92 Å². The summed E-state index contributed by atoms with van der Waals surface area (Å²) in [5.41, 5.74) is -0.767. The van der Waals surface area contributed by atoms with Crippen molar-refractivity contribution in [2.24, 2.45) is 0 Å². The van der Waals surface area contributed by atoms with Crippen LogP contribution in [0.2, 0.25) is 5.02 Å². The summed E-state index contributed by atoms with van der Waals surface area (Å²) in [7, 11) is 0. The predicted octanol–water partition coefficient (Wildman–Crippen LogP) is 2.72. The van der Waals surface area contributed by atoms with Crippen LogP contribution in [-0.2, 0) is 5.60 Å². The molecule has 0 aliphatic rings. The fraction of sp³-hybridized carbons (Fsp3) is 0.400. The molecule has 0 radical (unpaired) electrons. The molecular weight excluding hydrogens is 207 g/mol. The topological polar surface area (TPSA) is 40.5 Å². The first-order valence-electron chi connectivity index (χ1n) is 4.15. The van der Waals surface area contributed by atoms with E-state index < -0.39 is 17.2 Å². The lowest BCUT2D eigenvalue weighted by molar-refractivity contribution is 0.0738. The van der Waals surface area contributed by atoms with E-state index in [0.717, 1.165) is 0 Å². The number of phenolic OH excluding ortho intramolecular Hbond substituents is 1. The number of phenols is 1. The average molecular weight is 219 g/mol. The van der Waals surface area contributed by atoms with E-state index in [1.807, 2.05) is 0 Å². The van der Waals surface area contributed by atoms with E-state index in [-0.39, 0.29) is 10.6 Å². The molecular formula is C10H12ClFO2. The Balaban J connectivity index is 3.49. The molecule has 0 saturated heterocycles. The number of rotatable bonds is 1. The maximum atomic E-state index is 13.4. The van der Waals surface area contributed by atoms with Gasteiger partial charge in [-0.2, -0.15) is 0 Å². The summed E-state index contributed by atoms with van der Waals surface area (Å²) in [5, 5.41) is 18.9. The van der Waals surface area contributed by atoms with Gasteiger partial charge in [-0.15, -0.1) is 0 Å². The van der Waals surface area contributed by atoms with Gasteiger partial charge < -0.3 is 10.2 Å². The Morgan fingerprint density at radius 1 is 1.43 bits per heavy atom. The lowest BCUT2D eigenvalue weighted by Gasteiger charge is -2.20. The minimum absolute atomic E-state index is 0.0181. The average Bonchev–Trinajstić information content (AvgIpc) is 2.06. The van der Waals surface area contributed by atoms with Crippen LogP contribution in [0.5, 0.6) is 5.75 Å². The van der Waals surface area contributed by atoms with Crippen molar-refractivity contribution in [2.75, 3.05) is 0 Å². The fourth-order valence-electron chi connectivity index (χ4n) is 1.20. The number of hydrogen-bond donors (Lipinski definition) is 2. The van der Waals surface area contributed by atoms with Crippen molar-refractivity contribution >= 4 is 11.6 Å². The number of aryl methyl sites for hydroxylation is 1. The molecule has 1 aromatic rings. The van der Waals surface area contributed by atoms with Gasteiger partial charge in [0.25, 0.3) is 0 Å². The number of hydrogen-bond acceptors (Lipinski definition) is 2. The van der Waals surface area contributed by atoms with Gasteiger partial charge in [-0.3, -0.25) is 0 Å². The van der Waals surface area contributed by atoms with Crippen LogP contribution in [-0.4, -0.2) is 10.2 Å². The molecule has 1 aromatic carbocycles. The van der Waals surface area contributed by atoms with E-state index in [1.165, 1.54) is 19.9 Å². The molecule has 0 aliphatic heterocycles. The van der Waals surface area contributed by atoms with Gasteiger partial charge in [0.05, 0.1) is 10.6 Å². The molecule has 0 amide bonds. The third-order valence-corrected chi connectivity index (χ3v) is 2.50. The maximum Gasteiger partial charge on any atom is 0.172 e. The third-order valence-electron chi connectivity index (χ3n) is 2.02. The molecule has 2 nitrogen and oxygen atoms in total. The first-order chi connectivity index (χ1) is 6.25. The highest BCUT2D eigenvalue weighted by Gasteiger charge is 2.25. The number of benzene rings is 1. The smallest absolute Gasteiger partial charge is 0.172 e. The van der Waals surface area contributed by atoms with E-state index in [0.29, 0.717) is 5.56 Å². The zero-order valence-corrected chi connectivity index (χ0v) is 8.98. The van der Waals surface area contributed by atoms with Crippen molar-refractivity contribution in [2.45, 2.75) is 26.4 Å². The highest BCUT2D eigenvalue weighted by atomic mass is 35.5. The second-order valence-electron chi connectivity index (χ2n) is 3.78. The monoisotopic (exact) mass is 218 g/mol. The Morgan fingerprint density at radius 2 is 1.93 bits per heavy atom. The van der Waals surface area contributed by atoms with Gasteiger partial charge in [-0.05, 0) is 32.4 Å². The summed E-state index contributed by atoms with van der Waals surface area (Å²) in [6, 6.07) is 1.43. The van der Waals surface area contributed by atoms with Crippen molar-refractivity contribution in [1.29, 1.82) is 0 Å². The second-order valence-corrected chi connectivity index (χ2v) is 4.15. The quantitative estimate of drug-likeness (QED) is 0.761. The van der Waals surface area contributed by atoms with Crippen LogP contribution in [0.1, 0.15) is 25.0 Å². The van der Waals surface area contributed by atoms with Gasteiger partial charge >= 0.3 is 0 Å². The van der Waals surface area contributed by atoms with E-state index in [9.17, 15) is 14.6 Å². The molecule has 0 heterocycles. The molecule has 2 N–H and O–H groups in total. The van der Waals surface area contributed by atoms with Crippen LogP contribution < -0.4 is 0 Å². The van der Waals surface area contributed by atoms with Crippen LogP contribution in [0.3, 0.4) is 0 Å². The van der Waals surface area contributed by atoms with Crippen LogP contribution in [0.15, 0.2) is 6.07 Å². The number of aromatic hydroxyl groups is 1. The highest BCUT2D eigenvalue weighted by molar-refractivity contribution is 6.32. The standard InChI is InChI=1S/C10H12ClFO2/c1-5-4-6(10(2,3)14)8(12)9(13)7(5)11/h4,13-14H,1-3H3. The van der Waals surface area contributed by atoms with Gasteiger partial charge in [-0.25, -0.2) is 4.39 Å². The summed E-state index contributed by atoms with van der Waals surface area (Å²) in [6.07, 6.45) is 0. The molecule has 0 spiro atoms. The lowest BCUT2D eigenvalue weighted by Crippen LogP contribution is -2.18. The largest absolute Gasteiger partial charge is 0.504 e. The van der Waals surface area contributed by atoms with Crippen molar-refractivity contribution < 1.29 is 14.6 Å². The zero-order valence-electron chi connectivity index (χ0n) is 8.23. The van der Waals surface area contributed by atoms with E-state index in [4.69, 9.17) is 11.6 Å². The molecule has 4 heteroatoms. The Kier molecular flexibility index (Phi) is 2.74. The number of aliphatic hydroxyl groups is 1. The minimum Gasteiger partial charge on any atom is -0.504 e. The first-order valence-corrected chi connectivity index (χ1v) is 4.53. The predicted molar refractivity (Wildman–Crippen MR) is 53.1 cm³/mol. The van der Waals surface area contributed by atoms with Gasteiger partial charge in [-0.1, -0.05) is 11.6 Å². The van der Waals surface area contributed by atoms with Crippen LogP contribution in [0.4, 0.5) is 4.39 Å². The fourth-order valence-corrected chi connectivity index (χ4v) is 1.34. The molecule has 0 bridgehead atoms. The van der Waals surface area contributed by atoms with Gasteiger partial charge in [0, 0.05) is 5.56 Å². The maximum absolute atomic E-state index is 13.4. The van der Waals surface area contributed by atoms with Crippen molar-refractivity contribution in [3.8, 4) is 5.75 Å². The normalized spacial score (nSPS) is 11.9. The van der Waals surface area contributed by atoms with Crippen LogP contribution in [0.25, 0.3) is 0 Å². The Morgan fingerprint density at radius 3 is 2.36 bits per heavy atom. The van der Waals surface area contributed by atoms with Crippen molar-refractivity contribution in [1.82, 2.24) is 0 Å². The Labute approximate surface area is 86.9 Å². The van der Waals surface area contributed by atoms with E-state index >= 15 is 0 Å². The summed E-state index contributed by atoms with van der Waals surface area (Å²) < 4.78 is 13.4. The molecule has 1 rings (SSSR count). The zero-order chi connectivity index (χ0) is 11.1. The van der Waals surface area contributed by atoms with Gasteiger partial charge in [0.15, 0.2) is 11.6 Å². The lowest BCUT2D eigenvalue weighted by atomic mass is 9.95. The summed E-state index contributed by atoms with van der Waals surface area (Å²) in [6.45, 7) is 4.52. The molecule has 0 atom stereocenters. The molecule has 0 aromatic heterocycles.